The van der Waals surface area contributed by atoms with Gasteiger partial charge in [-0.25, -0.2) is 4.98 Å². The molecule has 2 rings (SSSR count). The Balaban J connectivity index is 2.03. The van der Waals surface area contributed by atoms with E-state index >= 15 is 0 Å². The van der Waals surface area contributed by atoms with Crippen molar-refractivity contribution in [2.75, 3.05) is 0 Å². The molecule has 0 bridgehead atoms. The zero-order chi connectivity index (χ0) is 14.3. The van der Waals surface area contributed by atoms with E-state index in [2.05, 4.69) is 15.6 Å². The summed E-state index contributed by atoms with van der Waals surface area (Å²) in [5, 5.41) is 4.10. The first-order valence-electron chi connectivity index (χ1n) is 5.44. The van der Waals surface area contributed by atoms with Crippen LogP contribution in [0.3, 0.4) is 0 Å². The second kappa shape index (κ2) is 4.71. The molecule has 2 heterocycles. The maximum atomic E-state index is 12.4. The zero-order valence-corrected chi connectivity index (χ0v) is 11.4. The number of hydrogen-bond acceptors (Lipinski definition) is 5. The number of nitrogens with zero attached hydrogens (tertiary/aromatic N) is 3. The van der Waals surface area contributed by atoms with E-state index in [4.69, 9.17) is 4.84 Å². The highest BCUT2D eigenvalue weighted by molar-refractivity contribution is 8.02. The first-order valence-corrected chi connectivity index (χ1v) is 6.43. The van der Waals surface area contributed by atoms with E-state index in [1.54, 1.807) is 0 Å². The van der Waals surface area contributed by atoms with Gasteiger partial charge in [0.25, 0.3) is 5.82 Å². The third-order valence-corrected chi connectivity index (χ3v) is 3.27. The van der Waals surface area contributed by atoms with E-state index in [-0.39, 0.29) is 11.6 Å². The molecular formula is C10H13F3N4OS. The molecule has 0 radical (unpaired) electrons. The second-order valence-electron chi connectivity index (χ2n) is 4.58. The van der Waals surface area contributed by atoms with Crippen molar-refractivity contribution in [3.63, 3.8) is 0 Å². The summed E-state index contributed by atoms with van der Waals surface area (Å²) in [7, 11) is 1.44. The van der Waals surface area contributed by atoms with Crippen molar-refractivity contribution in [2.24, 2.45) is 7.05 Å². The largest absolute Gasteiger partial charge is 0.453 e. The van der Waals surface area contributed by atoms with Gasteiger partial charge in [-0.15, -0.1) is 5.10 Å². The van der Waals surface area contributed by atoms with Crippen LogP contribution >= 0.6 is 11.8 Å². The normalized spacial score (nSPS) is 18.3. The van der Waals surface area contributed by atoms with Gasteiger partial charge < -0.3 is 0 Å². The average molecular weight is 294 g/mol. The van der Waals surface area contributed by atoms with E-state index in [0.29, 0.717) is 0 Å². The Morgan fingerprint density at radius 2 is 2.16 bits per heavy atom. The van der Waals surface area contributed by atoms with Crippen LogP contribution in [-0.2, 0) is 23.8 Å². The molecule has 1 aromatic heterocycles. The second-order valence-corrected chi connectivity index (χ2v) is 5.60. The lowest BCUT2D eigenvalue weighted by Crippen LogP contribution is -2.20. The summed E-state index contributed by atoms with van der Waals surface area (Å²) in [4.78, 5) is 8.73. The van der Waals surface area contributed by atoms with Crippen LogP contribution in [0.1, 0.15) is 25.5 Å². The van der Waals surface area contributed by atoms with Crippen LogP contribution in [0.4, 0.5) is 13.2 Å². The Hall–Kier alpha value is -1.22. The molecule has 5 nitrogen and oxygen atoms in total. The lowest BCUT2D eigenvalue weighted by molar-refractivity contribution is -0.145. The highest BCUT2D eigenvalue weighted by Crippen LogP contribution is 2.29. The quantitative estimate of drug-likeness (QED) is 0.926. The fraction of sp³-hybridized carbons (Fsp3) is 0.600. The molecule has 0 aromatic carbocycles. The summed E-state index contributed by atoms with van der Waals surface area (Å²) >= 11 is 1.31. The number of thioether (sulfide) groups is 1. The molecule has 1 aromatic rings. The van der Waals surface area contributed by atoms with Crippen LogP contribution < -0.4 is 5.48 Å². The van der Waals surface area contributed by atoms with E-state index in [9.17, 15) is 13.2 Å². The van der Waals surface area contributed by atoms with E-state index < -0.39 is 17.6 Å². The molecule has 0 spiro atoms. The van der Waals surface area contributed by atoms with Crippen LogP contribution in [0.5, 0.6) is 0 Å². The fourth-order valence-corrected chi connectivity index (χ4v) is 2.44. The van der Waals surface area contributed by atoms with Crippen molar-refractivity contribution in [2.45, 2.75) is 31.4 Å². The van der Waals surface area contributed by atoms with Crippen molar-refractivity contribution in [1.82, 2.24) is 20.2 Å². The Kier molecular flexibility index (Phi) is 3.52. The molecule has 106 valence electrons. The maximum absolute atomic E-state index is 12.4. The molecule has 1 aliphatic heterocycles. The molecule has 9 heteroatoms. The molecule has 19 heavy (non-hydrogen) atoms. The molecule has 0 atom stereocenters. The van der Waals surface area contributed by atoms with Crippen molar-refractivity contribution in [1.29, 1.82) is 0 Å². The van der Waals surface area contributed by atoms with Gasteiger partial charge in [-0.05, 0) is 19.9 Å². The predicted molar refractivity (Wildman–Crippen MR) is 63.7 cm³/mol. The number of aryl methyl sites for hydroxylation is 1. The maximum Gasteiger partial charge on any atom is 0.453 e. The predicted octanol–water partition coefficient (Wildman–Crippen LogP) is 2.22. The summed E-state index contributed by atoms with van der Waals surface area (Å²) in [6.45, 7) is 3.75. The summed E-state index contributed by atoms with van der Waals surface area (Å²) in [6, 6.07) is 0. The number of rotatable bonds is 3. The molecule has 1 N–H and O–H groups in total. The van der Waals surface area contributed by atoms with Crippen molar-refractivity contribution in [3.8, 4) is 0 Å². The lowest BCUT2D eigenvalue weighted by Gasteiger charge is -2.11. The number of nitrogens with one attached hydrogen (secondary N) is 1. The monoisotopic (exact) mass is 294 g/mol. The van der Waals surface area contributed by atoms with Crippen LogP contribution in [0.15, 0.2) is 11.1 Å². The van der Waals surface area contributed by atoms with Gasteiger partial charge in [0.15, 0.2) is 0 Å². The Morgan fingerprint density at radius 1 is 1.47 bits per heavy atom. The topological polar surface area (TPSA) is 52.0 Å². The van der Waals surface area contributed by atoms with Crippen LogP contribution in [0, 0.1) is 0 Å². The van der Waals surface area contributed by atoms with Gasteiger partial charge in [-0.3, -0.25) is 15.0 Å². The van der Waals surface area contributed by atoms with Gasteiger partial charge in [0.05, 0.1) is 10.8 Å². The molecule has 0 saturated carbocycles. The van der Waals surface area contributed by atoms with Gasteiger partial charge in [0.2, 0.25) is 0 Å². The highest BCUT2D eigenvalue weighted by Gasteiger charge is 2.36. The fourth-order valence-electron chi connectivity index (χ4n) is 1.43. The number of alkyl halides is 3. The van der Waals surface area contributed by atoms with Crippen molar-refractivity contribution >= 4 is 11.8 Å². The third kappa shape index (κ3) is 3.41. The molecule has 0 unspecified atom stereocenters. The Labute approximate surface area is 112 Å². The molecule has 0 aliphatic carbocycles. The molecule has 0 saturated heterocycles. The van der Waals surface area contributed by atoms with Gasteiger partial charge >= 0.3 is 6.18 Å². The smallest absolute Gasteiger partial charge is 0.265 e. The molecule has 0 amide bonds. The number of halogens is 3. The number of aromatic nitrogens is 3. The zero-order valence-electron chi connectivity index (χ0n) is 10.6. The van der Waals surface area contributed by atoms with Gasteiger partial charge in [0.1, 0.15) is 11.4 Å². The standard InChI is InChI=1S/C10H13F3N4OS/c1-9(2)4-7(16-18-9)19-5-6-14-8(10(11,12)13)15-17(6)3/h4,16H,5H2,1-3H3. The lowest BCUT2D eigenvalue weighted by atomic mass is 10.1. The summed E-state index contributed by atoms with van der Waals surface area (Å²) < 4.78 is 38.4. The highest BCUT2D eigenvalue weighted by atomic mass is 32.2. The SMILES string of the molecule is Cn1nc(C(F)(F)F)nc1CSC1=CC(C)(C)ON1. The van der Waals surface area contributed by atoms with Gasteiger partial charge in [-0.2, -0.15) is 13.2 Å². The van der Waals surface area contributed by atoms with Crippen LogP contribution in [-0.4, -0.2) is 20.4 Å². The summed E-state index contributed by atoms with van der Waals surface area (Å²) in [5.41, 5.74) is 2.30. The van der Waals surface area contributed by atoms with Crippen LogP contribution in [0.2, 0.25) is 0 Å². The average Bonchev–Trinajstić information content (AvgIpc) is 2.78. The minimum absolute atomic E-state index is 0.254. The van der Waals surface area contributed by atoms with E-state index in [1.165, 1.54) is 18.8 Å². The third-order valence-electron chi connectivity index (χ3n) is 2.36. The summed E-state index contributed by atoms with van der Waals surface area (Å²) in [5.74, 6) is -0.585. The minimum Gasteiger partial charge on any atom is -0.265 e. The Morgan fingerprint density at radius 3 is 2.63 bits per heavy atom. The van der Waals surface area contributed by atoms with Gasteiger partial charge in [-0.1, -0.05) is 11.8 Å². The van der Waals surface area contributed by atoms with Crippen molar-refractivity contribution in [3.05, 3.63) is 22.8 Å². The first kappa shape index (κ1) is 14.2. The van der Waals surface area contributed by atoms with Gasteiger partial charge in [0, 0.05) is 7.05 Å². The Bertz CT molecular complexity index is 509. The summed E-state index contributed by atoms with van der Waals surface area (Å²) in [6.07, 6.45) is -2.66. The molecule has 1 aliphatic rings. The van der Waals surface area contributed by atoms with E-state index in [0.717, 1.165) is 9.71 Å². The minimum atomic E-state index is -4.52. The first-order chi connectivity index (χ1) is 8.67. The number of hydroxylamine groups is 1. The molecular weight excluding hydrogens is 281 g/mol. The van der Waals surface area contributed by atoms with E-state index in [1.807, 2.05) is 19.9 Å². The van der Waals surface area contributed by atoms with Crippen LogP contribution in [0.25, 0.3) is 0 Å². The van der Waals surface area contributed by atoms with Crippen molar-refractivity contribution < 1.29 is 18.0 Å². The molecule has 0 fully saturated rings. The number of hydrogen-bond donors (Lipinski definition) is 1.